The smallest absolute Gasteiger partial charge is 0.409 e. The highest BCUT2D eigenvalue weighted by atomic mass is 35.5. The third-order valence-corrected chi connectivity index (χ3v) is 7.88. The lowest BCUT2D eigenvalue weighted by molar-refractivity contribution is 0.0994. The van der Waals surface area contributed by atoms with Crippen molar-refractivity contribution >= 4 is 40.8 Å². The van der Waals surface area contributed by atoms with E-state index in [1.54, 1.807) is 30.1 Å². The van der Waals surface area contributed by atoms with Gasteiger partial charge in [-0.3, -0.25) is 4.99 Å². The molecule has 3 N–H and O–H groups in total. The molecule has 2 aromatic rings. The van der Waals surface area contributed by atoms with Gasteiger partial charge in [-0.2, -0.15) is 0 Å². The summed E-state index contributed by atoms with van der Waals surface area (Å²) in [4.78, 5) is 30.3. The molecular weight excluding hydrogens is 567 g/mol. The predicted molar refractivity (Wildman–Crippen MR) is 162 cm³/mol. The van der Waals surface area contributed by atoms with Crippen molar-refractivity contribution in [3.63, 3.8) is 0 Å². The van der Waals surface area contributed by atoms with Gasteiger partial charge in [0.15, 0.2) is 5.82 Å². The first-order valence-corrected chi connectivity index (χ1v) is 14.3. The van der Waals surface area contributed by atoms with E-state index >= 15 is 0 Å². The lowest BCUT2D eigenvalue weighted by Crippen LogP contribution is -2.37. The molecule has 1 amide bonds. The maximum absolute atomic E-state index is 12.2. The normalized spacial score (nSPS) is 16.7. The summed E-state index contributed by atoms with van der Waals surface area (Å²) < 4.78 is 10.8. The van der Waals surface area contributed by atoms with Crippen molar-refractivity contribution in [3.05, 3.63) is 56.9 Å². The summed E-state index contributed by atoms with van der Waals surface area (Å²) in [6.45, 7) is 6.50. The van der Waals surface area contributed by atoms with E-state index in [-0.39, 0.29) is 17.7 Å². The van der Waals surface area contributed by atoms with Crippen molar-refractivity contribution < 1.29 is 19.4 Å². The fourth-order valence-corrected chi connectivity index (χ4v) is 5.49. The number of rotatable bonds is 9. The van der Waals surface area contributed by atoms with E-state index in [1.807, 2.05) is 13.8 Å². The number of nitrogens with zero attached hydrogens (tertiary/aromatic N) is 5. The van der Waals surface area contributed by atoms with Crippen LogP contribution in [0.2, 0.25) is 5.02 Å². The Morgan fingerprint density at radius 3 is 2.71 bits per heavy atom. The molecule has 2 aliphatic heterocycles. The summed E-state index contributed by atoms with van der Waals surface area (Å²) >= 11 is 13.1. The molecule has 0 unspecified atom stereocenters. The second-order valence-electron chi connectivity index (χ2n) is 10.0. The number of halogens is 2. The molecule has 0 bridgehead atoms. The summed E-state index contributed by atoms with van der Waals surface area (Å²) in [6.07, 6.45) is 2.66. The Kier molecular flexibility index (Phi) is 10.1. The molecule has 1 atom stereocenters. The molecule has 0 radical (unpaired) electrons. The zero-order valence-electron chi connectivity index (χ0n) is 23.8. The summed E-state index contributed by atoms with van der Waals surface area (Å²) in [7, 11) is 3.02. The van der Waals surface area contributed by atoms with Crippen LogP contribution in [0.1, 0.15) is 37.4 Å². The summed E-state index contributed by atoms with van der Waals surface area (Å²) in [6, 6.07) is 5.24. The second kappa shape index (κ2) is 13.5. The van der Waals surface area contributed by atoms with E-state index in [4.69, 9.17) is 48.4 Å². The third-order valence-electron chi connectivity index (χ3n) is 7.24. The third kappa shape index (κ3) is 6.77. The molecule has 41 heavy (non-hydrogen) atoms. The average Bonchev–Trinajstić information content (AvgIpc) is 3.40. The SMILES string of the molecule is CCC[C@@H](O)COc1ccc(Cl)c(-c2nc(C(=NC)C(Cl)=CN)c(C)c(N3CC4=C(CN(C(=O)OC)CC4)C3)n2)c1. The largest absolute Gasteiger partial charge is 0.491 e. The number of hydrogen-bond acceptors (Lipinski definition) is 9. The summed E-state index contributed by atoms with van der Waals surface area (Å²) in [5, 5.41) is 10.8. The molecule has 2 aliphatic rings. The molecule has 3 heterocycles. The molecule has 4 rings (SSSR count). The highest BCUT2D eigenvalue weighted by Gasteiger charge is 2.32. The Morgan fingerprint density at radius 2 is 2.02 bits per heavy atom. The number of anilines is 1. The van der Waals surface area contributed by atoms with Crippen LogP contribution in [-0.2, 0) is 4.74 Å². The lowest BCUT2D eigenvalue weighted by atomic mass is 10.0. The minimum atomic E-state index is -0.565. The Bertz CT molecular complexity index is 1390. The number of amides is 1. The minimum absolute atomic E-state index is 0.164. The zero-order valence-corrected chi connectivity index (χ0v) is 25.3. The van der Waals surface area contributed by atoms with Gasteiger partial charge < -0.3 is 30.1 Å². The molecule has 0 fully saturated rings. The Balaban J connectivity index is 1.75. The second-order valence-corrected chi connectivity index (χ2v) is 10.8. The molecule has 0 spiro atoms. The Labute approximate surface area is 250 Å². The molecular formula is C29H36Cl2N6O4. The van der Waals surface area contributed by atoms with Crippen LogP contribution in [0.3, 0.4) is 0 Å². The van der Waals surface area contributed by atoms with Crippen molar-refractivity contribution in [2.75, 3.05) is 51.8 Å². The molecule has 0 saturated carbocycles. The number of benzene rings is 1. The number of carbonyl (C=O) groups is 1. The molecule has 0 aliphatic carbocycles. The van der Waals surface area contributed by atoms with Crippen molar-refractivity contribution in [2.45, 2.75) is 39.2 Å². The quantitative estimate of drug-likeness (QED) is 0.312. The van der Waals surface area contributed by atoms with Crippen LogP contribution >= 0.6 is 23.2 Å². The Hall–Kier alpha value is -3.34. The van der Waals surface area contributed by atoms with Crippen molar-refractivity contribution in [2.24, 2.45) is 10.7 Å². The van der Waals surface area contributed by atoms with Crippen LogP contribution < -0.4 is 15.4 Å². The van der Waals surface area contributed by atoms with Gasteiger partial charge in [-0.15, -0.1) is 0 Å². The van der Waals surface area contributed by atoms with Gasteiger partial charge in [-0.25, -0.2) is 14.8 Å². The number of aliphatic hydroxyl groups is 1. The van der Waals surface area contributed by atoms with Crippen LogP contribution in [0.5, 0.6) is 5.75 Å². The van der Waals surface area contributed by atoms with E-state index in [2.05, 4.69) is 9.89 Å². The van der Waals surface area contributed by atoms with Gasteiger partial charge in [0.2, 0.25) is 0 Å². The fourth-order valence-electron chi connectivity index (χ4n) is 5.11. The van der Waals surface area contributed by atoms with E-state index in [9.17, 15) is 9.90 Å². The number of aliphatic imine (C=N–C) groups is 1. The maximum Gasteiger partial charge on any atom is 0.409 e. The van der Waals surface area contributed by atoms with Gasteiger partial charge in [0.1, 0.15) is 23.9 Å². The van der Waals surface area contributed by atoms with Crippen LogP contribution in [0.25, 0.3) is 11.4 Å². The number of methoxy groups -OCH3 is 1. The van der Waals surface area contributed by atoms with Crippen LogP contribution in [-0.4, -0.2) is 84.8 Å². The number of carbonyl (C=O) groups excluding carboxylic acids is 1. The van der Waals surface area contributed by atoms with Crippen molar-refractivity contribution in [1.82, 2.24) is 14.9 Å². The first kappa shape index (κ1) is 30.6. The molecule has 12 heteroatoms. The van der Waals surface area contributed by atoms with Crippen molar-refractivity contribution in [3.8, 4) is 17.1 Å². The van der Waals surface area contributed by atoms with Crippen LogP contribution in [0.4, 0.5) is 10.6 Å². The Morgan fingerprint density at radius 1 is 1.27 bits per heavy atom. The van der Waals surface area contributed by atoms with Gasteiger partial charge in [0, 0.05) is 50.6 Å². The molecule has 10 nitrogen and oxygen atoms in total. The van der Waals surface area contributed by atoms with Gasteiger partial charge >= 0.3 is 6.09 Å². The minimum Gasteiger partial charge on any atom is -0.491 e. The fraction of sp³-hybridized carbons (Fsp3) is 0.448. The van der Waals surface area contributed by atoms with Crippen LogP contribution in [0.15, 0.2) is 45.6 Å². The molecule has 1 aromatic heterocycles. The standard InChI is InChI=1S/C29H36Cl2N6O4/c1-5-6-20(38)16-41-21-7-8-23(30)22(11-21)27-34-25(26(33-3)24(31)12-32)17(2)28(35-27)37-13-18-9-10-36(29(39)40-4)14-19(18)15-37/h7-8,11-12,20,38H,5-6,9-10,13-16,32H2,1-4H3/t20-/m1/s1. The predicted octanol–water partition coefficient (Wildman–Crippen LogP) is 4.69. The van der Waals surface area contributed by atoms with Gasteiger partial charge in [-0.1, -0.05) is 36.5 Å². The van der Waals surface area contributed by atoms with Gasteiger partial charge in [-0.05, 0) is 49.1 Å². The maximum atomic E-state index is 12.2. The number of hydrogen-bond donors (Lipinski definition) is 2. The highest BCUT2D eigenvalue weighted by Crippen LogP contribution is 2.36. The summed E-state index contributed by atoms with van der Waals surface area (Å²) in [5.41, 5.74) is 10.5. The first-order valence-electron chi connectivity index (χ1n) is 13.5. The zero-order chi connectivity index (χ0) is 29.7. The number of aromatic nitrogens is 2. The van der Waals surface area contributed by atoms with E-state index < -0.39 is 6.10 Å². The topological polar surface area (TPSA) is 126 Å². The van der Waals surface area contributed by atoms with E-state index in [0.29, 0.717) is 72.0 Å². The average molecular weight is 604 g/mol. The number of aliphatic hydroxyl groups excluding tert-OH is 1. The van der Waals surface area contributed by atoms with Gasteiger partial charge in [0.25, 0.3) is 0 Å². The summed E-state index contributed by atoms with van der Waals surface area (Å²) in [5.74, 6) is 1.61. The van der Waals surface area contributed by atoms with E-state index in [1.165, 1.54) is 24.5 Å². The molecule has 1 aromatic carbocycles. The number of ether oxygens (including phenoxy) is 2. The van der Waals surface area contributed by atoms with E-state index in [0.717, 1.165) is 18.4 Å². The lowest BCUT2D eigenvalue weighted by Gasteiger charge is -2.26. The monoisotopic (exact) mass is 602 g/mol. The first-order chi connectivity index (χ1) is 19.7. The van der Waals surface area contributed by atoms with Crippen molar-refractivity contribution in [1.29, 1.82) is 0 Å². The highest BCUT2D eigenvalue weighted by molar-refractivity contribution is 6.46. The number of nitrogens with two attached hydrogens (primary N) is 1. The molecule has 220 valence electrons. The van der Waals surface area contributed by atoms with Gasteiger partial charge in [0.05, 0.1) is 29.0 Å². The van der Waals surface area contributed by atoms with Crippen LogP contribution in [0, 0.1) is 6.92 Å². The number of allylic oxidation sites excluding steroid dienone is 1. The molecule has 0 saturated heterocycles.